The van der Waals surface area contributed by atoms with E-state index in [1.807, 2.05) is 23.9 Å². The first kappa shape index (κ1) is 11.6. The Bertz CT molecular complexity index is 381. The van der Waals surface area contributed by atoms with Crippen LogP contribution in [0.2, 0.25) is 10.0 Å². The van der Waals surface area contributed by atoms with E-state index in [4.69, 9.17) is 28.9 Å². The van der Waals surface area contributed by atoms with Crippen LogP contribution in [0.5, 0.6) is 0 Å². The molecule has 0 amide bonds. The molecule has 0 spiro atoms. The normalized spacial score (nSPS) is 25.9. The van der Waals surface area contributed by atoms with Gasteiger partial charge in [0.2, 0.25) is 0 Å². The van der Waals surface area contributed by atoms with E-state index in [2.05, 4.69) is 6.92 Å². The van der Waals surface area contributed by atoms with Gasteiger partial charge in [0.1, 0.15) is 0 Å². The SMILES string of the molecule is CC1C[C@H](N)c2ccc(Cl)c(Cl)c2CS1. The highest BCUT2D eigenvalue weighted by molar-refractivity contribution is 7.99. The van der Waals surface area contributed by atoms with Crippen molar-refractivity contribution >= 4 is 35.0 Å². The minimum Gasteiger partial charge on any atom is -0.324 e. The van der Waals surface area contributed by atoms with Gasteiger partial charge < -0.3 is 5.73 Å². The van der Waals surface area contributed by atoms with Gasteiger partial charge in [0, 0.05) is 17.0 Å². The molecule has 0 saturated carbocycles. The fourth-order valence-corrected chi connectivity index (χ4v) is 3.48. The van der Waals surface area contributed by atoms with Crippen molar-refractivity contribution in [2.75, 3.05) is 0 Å². The lowest BCUT2D eigenvalue weighted by Crippen LogP contribution is -2.14. The van der Waals surface area contributed by atoms with E-state index in [1.54, 1.807) is 0 Å². The maximum Gasteiger partial charge on any atom is 0.0636 e. The second-order valence-corrected chi connectivity index (χ2v) is 6.10. The standard InChI is InChI=1S/C11H13Cl2NS/c1-6-4-10(14)7-2-3-9(12)11(13)8(7)5-15-6/h2-3,6,10H,4-5,14H2,1H3/t6?,10-/m0/s1. The number of hydrogen-bond donors (Lipinski definition) is 1. The molecule has 1 unspecified atom stereocenters. The zero-order valence-electron chi connectivity index (χ0n) is 8.47. The third kappa shape index (κ3) is 2.28. The number of nitrogens with two attached hydrogens (primary N) is 1. The lowest BCUT2D eigenvalue weighted by atomic mass is 9.98. The molecule has 15 heavy (non-hydrogen) atoms. The minimum atomic E-state index is 0.0831. The Hall–Kier alpha value is 0.110. The van der Waals surface area contributed by atoms with Crippen LogP contribution in [0.1, 0.15) is 30.5 Å². The molecular formula is C11H13Cl2NS. The van der Waals surface area contributed by atoms with Crippen LogP contribution < -0.4 is 5.73 Å². The second-order valence-electron chi connectivity index (χ2n) is 3.89. The summed E-state index contributed by atoms with van der Waals surface area (Å²) in [5, 5.41) is 1.87. The Kier molecular flexibility index (Phi) is 3.51. The third-order valence-corrected chi connectivity index (χ3v) is 4.79. The number of benzene rings is 1. The smallest absolute Gasteiger partial charge is 0.0636 e. The lowest BCUT2D eigenvalue weighted by Gasteiger charge is -2.14. The fourth-order valence-electron chi connectivity index (χ4n) is 1.88. The van der Waals surface area contributed by atoms with E-state index in [9.17, 15) is 0 Å². The molecular weight excluding hydrogens is 249 g/mol. The van der Waals surface area contributed by atoms with E-state index in [-0.39, 0.29) is 6.04 Å². The molecule has 0 fully saturated rings. The molecule has 0 radical (unpaired) electrons. The van der Waals surface area contributed by atoms with E-state index < -0.39 is 0 Å². The summed E-state index contributed by atoms with van der Waals surface area (Å²) in [6.45, 7) is 2.20. The summed E-state index contributed by atoms with van der Waals surface area (Å²) in [7, 11) is 0. The molecule has 0 aliphatic carbocycles. The van der Waals surface area contributed by atoms with Crippen molar-refractivity contribution in [3.63, 3.8) is 0 Å². The molecule has 0 aromatic heterocycles. The van der Waals surface area contributed by atoms with Crippen LogP contribution in [-0.4, -0.2) is 5.25 Å². The monoisotopic (exact) mass is 261 g/mol. The van der Waals surface area contributed by atoms with Crippen molar-refractivity contribution in [3.05, 3.63) is 33.3 Å². The summed E-state index contributed by atoms with van der Waals surface area (Å²) in [5.74, 6) is 0.906. The molecule has 2 N–H and O–H groups in total. The minimum absolute atomic E-state index is 0.0831. The topological polar surface area (TPSA) is 26.0 Å². The molecule has 4 heteroatoms. The van der Waals surface area contributed by atoms with Gasteiger partial charge in [0.15, 0.2) is 0 Å². The molecule has 2 rings (SSSR count). The predicted molar refractivity (Wildman–Crippen MR) is 68.8 cm³/mol. The molecule has 1 aliphatic heterocycles. The number of fused-ring (bicyclic) bond motifs is 1. The van der Waals surface area contributed by atoms with Gasteiger partial charge in [-0.15, -0.1) is 0 Å². The first-order chi connectivity index (χ1) is 7.09. The van der Waals surface area contributed by atoms with Gasteiger partial charge >= 0.3 is 0 Å². The van der Waals surface area contributed by atoms with Crippen molar-refractivity contribution in [1.29, 1.82) is 0 Å². The fraction of sp³-hybridized carbons (Fsp3) is 0.455. The van der Waals surface area contributed by atoms with Crippen molar-refractivity contribution in [3.8, 4) is 0 Å². The van der Waals surface area contributed by atoms with Gasteiger partial charge in [-0.25, -0.2) is 0 Å². The first-order valence-electron chi connectivity index (χ1n) is 4.93. The third-order valence-electron chi connectivity index (χ3n) is 2.73. The quantitative estimate of drug-likeness (QED) is 0.764. The Balaban J connectivity index is 2.48. The second kappa shape index (κ2) is 4.54. The average molecular weight is 262 g/mol. The summed E-state index contributed by atoms with van der Waals surface area (Å²) < 4.78 is 0. The molecule has 1 heterocycles. The van der Waals surface area contributed by atoms with Crippen LogP contribution in [0.3, 0.4) is 0 Å². The summed E-state index contributed by atoms with van der Waals surface area (Å²) in [6.07, 6.45) is 0.996. The highest BCUT2D eigenvalue weighted by Gasteiger charge is 2.22. The van der Waals surface area contributed by atoms with Gasteiger partial charge in [0.25, 0.3) is 0 Å². The zero-order chi connectivity index (χ0) is 11.0. The van der Waals surface area contributed by atoms with E-state index in [0.29, 0.717) is 15.3 Å². The van der Waals surface area contributed by atoms with E-state index in [0.717, 1.165) is 23.3 Å². The molecule has 82 valence electrons. The average Bonchev–Trinajstić information content (AvgIpc) is 2.32. The van der Waals surface area contributed by atoms with Gasteiger partial charge in [-0.05, 0) is 23.6 Å². The van der Waals surface area contributed by atoms with Crippen molar-refractivity contribution in [2.45, 2.75) is 30.4 Å². The predicted octanol–water partition coefficient (Wildman–Crippen LogP) is 4.02. The van der Waals surface area contributed by atoms with Gasteiger partial charge in [-0.1, -0.05) is 36.2 Å². The Morgan fingerprint density at radius 2 is 2.13 bits per heavy atom. The van der Waals surface area contributed by atoms with Crippen LogP contribution in [0, 0.1) is 0 Å². The van der Waals surface area contributed by atoms with E-state index in [1.165, 1.54) is 0 Å². The number of thioether (sulfide) groups is 1. The Morgan fingerprint density at radius 3 is 2.87 bits per heavy atom. The van der Waals surface area contributed by atoms with Crippen molar-refractivity contribution in [1.82, 2.24) is 0 Å². The van der Waals surface area contributed by atoms with Gasteiger partial charge in [-0.2, -0.15) is 11.8 Å². The molecule has 1 aromatic rings. The first-order valence-corrected chi connectivity index (χ1v) is 6.74. The largest absolute Gasteiger partial charge is 0.324 e. The highest BCUT2D eigenvalue weighted by Crippen LogP contribution is 2.39. The summed E-state index contributed by atoms with van der Waals surface area (Å²) in [5.41, 5.74) is 8.41. The van der Waals surface area contributed by atoms with Gasteiger partial charge in [0.05, 0.1) is 10.0 Å². The molecule has 2 atom stereocenters. The number of rotatable bonds is 0. The van der Waals surface area contributed by atoms with Crippen LogP contribution in [0.15, 0.2) is 12.1 Å². The summed E-state index contributed by atoms with van der Waals surface area (Å²) in [6, 6.07) is 3.93. The molecule has 0 bridgehead atoms. The summed E-state index contributed by atoms with van der Waals surface area (Å²) in [4.78, 5) is 0. The van der Waals surface area contributed by atoms with Crippen LogP contribution >= 0.6 is 35.0 Å². The van der Waals surface area contributed by atoms with Gasteiger partial charge in [-0.3, -0.25) is 0 Å². The molecule has 0 saturated heterocycles. The highest BCUT2D eigenvalue weighted by atomic mass is 35.5. The van der Waals surface area contributed by atoms with Crippen LogP contribution in [0.25, 0.3) is 0 Å². The van der Waals surface area contributed by atoms with Crippen LogP contribution in [-0.2, 0) is 5.75 Å². The van der Waals surface area contributed by atoms with Crippen molar-refractivity contribution in [2.24, 2.45) is 5.73 Å². The zero-order valence-corrected chi connectivity index (χ0v) is 10.8. The Morgan fingerprint density at radius 1 is 1.40 bits per heavy atom. The maximum absolute atomic E-state index is 6.20. The number of hydrogen-bond acceptors (Lipinski definition) is 2. The number of halogens is 2. The molecule has 1 aliphatic rings. The Labute approximate surface area is 104 Å². The molecule has 1 aromatic carbocycles. The lowest BCUT2D eigenvalue weighted by molar-refractivity contribution is 0.651. The van der Waals surface area contributed by atoms with Crippen LogP contribution in [0.4, 0.5) is 0 Å². The summed E-state index contributed by atoms with van der Waals surface area (Å²) >= 11 is 14.1. The maximum atomic E-state index is 6.20. The molecule has 1 nitrogen and oxygen atoms in total. The van der Waals surface area contributed by atoms with E-state index >= 15 is 0 Å². The van der Waals surface area contributed by atoms with Crippen molar-refractivity contribution < 1.29 is 0 Å².